The van der Waals surface area contributed by atoms with E-state index in [0.29, 0.717) is 0 Å². The van der Waals surface area contributed by atoms with Crippen LogP contribution in [0.2, 0.25) is 0 Å². The van der Waals surface area contributed by atoms with Crippen LogP contribution in [0.4, 0.5) is 0 Å². The number of phosphoric acid groups is 1. The monoisotopic (exact) mass is 228 g/mol. The molecule has 0 spiro atoms. The Morgan fingerprint density at radius 1 is 1.43 bits per heavy atom. The minimum Gasteiger partial charge on any atom is -0.463 e. The van der Waals surface area contributed by atoms with E-state index in [1.807, 2.05) is 0 Å². The van der Waals surface area contributed by atoms with Gasteiger partial charge in [0.2, 0.25) is 0 Å². The number of phosphoric ester groups is 1. The van der Waals surface area contributed by atoms with Gasteiger partial charge in [-0.3, -0.25) is 9.32 Å². The first kappa shape index (κ1) is 13.5. The smallest absolute Gasteiger partial charge is 0.463 e. The predicted molar refractivity (Wildman–Crippen MR) is 45.4 cm³/mol. The van der Waals surface area contributed by atoms with Crippen molar-refractivity contribution in [2.75, 3.05) is 20.3 Å². The Morgan fingerprint density at radius 2 is 2.00 bits per heavy atom. The van der Waals surface area contributed by atoms with Gasteiger partial charge in [0.25, 0.3) is 0 Å². The number of carbonyl (C=O) groups is 1. The number of carbonyl (C=O) groups excluding carboxylic acids is 1. The van der Waals surface area contributed by atoms with Gasteiger partial charge < -0.3 is 19.3 Å². The number of esters is 1. The predicted octanol–water partition coefficient (Wildman–Crippen LogP) is -0.326. The minimum atomic E-state index is -4.50. The summed E-state index contributed by atoms with van der Waals surface area (Å²) in [6.07, 6.45) is -0.688. The summed E-state index contributed by atoms with van der Waals surface area (Å²) in [4.78, 5) is 27.1. The molecule has 0 heterocycles. The van der Waals surface area contributed by atoms with Crippen molar-refractivity contribution < 1.29 is 33.1 Å². The van der Waals surface area contributed by atoms with Crippen molar-refractivity contribution in [1.82, 2.24) is 0 Å². The molecule has 0 radical (unpaired) electrons. The SMILES string of the molecule is COC(COC(C)=O)COP(=O)(O)O. The maximum Gasteiger partial charge on any atom is 0.469 e. The summed E-state index contributed by atoms with van der Waals surface area (Å²) in [5.74, 6) is -0.497. The van der Waals surface area contributed by atoms with Gasteiger partial charge >= 0.3 is 13.8 Å². The fraction of sp³-hybridized carbons (Fsp3) is 0.833. The molecule has 8 heteroatoms. The fourth-order valence-corrected chi connectivity index (χ4v) is 0.935. The van der Waals surface area contributed by atoms with Crippen LogP contribution >= 0.6 is 7.82 Å². The minimum absolute atomic E-state index is 0.105. The zero-order chi connectivity index (χ0) is 11.2. The second kappa shape index (κ2) is 6.10. The Balaban J connectivity index is 3.80. The van der Waals surface area contributed by atoms with Crippen molar-refractivity contribution in [1.29, 1.82) is 0 Å². The fourth-order valence-electron chi connectivity index (χ4n) is 0.575. The summed E-state index contributed by atoms with van der Waals surface area (Å²) >= 11 is 0. The lowest BCUT2D eigenvalue weighted by Gasteiger charge is -2.15. The number of methoxy groups -OCH3 is 1. The maximum absolute atomic E-state index is 10.4. The highest BCUT2D eigenvalue weighted by molar-refractivity contribution is 7.46. The average molecular weight is 228 g/mol. The number of ether oxygens (including phenoxy) is 2. The molecule has 0 aliphatic carbocycles. The molecule has 7 nitrogen and oxygen atoms in total. The molecule has 1 atom stereocenters. The second-order valence-electron chi connectivity index (χ2n) is 2.45. The lowest BCUT2D eigenvalue weighted by Crippen LogP contribution is -2.24. The molecule has 0 aromatic rings. The molecule has 0 amide bonds. The number of rotatable bonds is 6. The van der Waals surface area contributed by atoms with E-state index in [1.54, 1.807) is 0 Å². The van der Waals surface area contributed by atoms with E-state index in [-0.39, 0.29) is 13.2 Å². The third-order valence-corrected chi connectivity index (χ3v) is 1.72. The lowest BCUT2D eigenvalue weighted by molar-refractivity contribution is -0.145. The van der Waals surface area contributed by atoms with Gasteiger partial charge in [-0.05, 0) is 0 Å². The molecular weight excluding hydrogens is 215 g/mol. The van der Waals surface area contributed by atoms with Crippen LogP contribution in [0.5, 0.6) is 0 Å². The van der Waals surface area contributed by atoms with E-state index >= 15 is 0 Å². The average Bonchev–Trinajstić information content (AvgIpc) is 2.02. The Bertz CT molecular complexity index is 222. The van der Waals surface area contributed by atoms with Crippen molar-refractivity contribution in [3.63, 3.8) is 0 Å². The Morgan fingerprint density at radius 3 is 2.36 bits per heavy atom. The summed E-state index contributed by atoms with van der Waals surface area (Å²) in [5, 5.41) is 0. The van der Waals surface area contributed by atoms with Crippen molar-refractivity contribution in [2.24, 2.45) is 0 Å². The van der Waals surface area contributed by atoms with E-state index in [0.717, 1.165) is 0 Å². The zero-order valence-corrected chi connectivity index (χ0v) is 8.77. The molecule has 84 valence electrons. The normalized spacial score (nSPS) is 13.7. The third-order valence-electron chi connectivity index (χ3n) is 1.23. The van der Waals surface area contributed by atoms with Crippen LogP contribution in [0.25, 0.3) is 0 Å². The molecule has 1 unspecified atom stereocenters. The number of hydrogen-bond donors (Lipinski definition) is 2. The van der Waals surface area contributed by atoms with E-state index in [2.05, 4.69) is 9.26 Å². The van der Waals surface area contributed by atoms with E-state index in [9.17, 15) is 9.36 Å². The third kappa shape index (κ3) is 8.15. The van der Waals surface area contributed by atoms with E-state index in [4.69, 9.17) is 14.5 Å². The molecule has 0 bridgehead atoms. The molecule has 0 aliphatic rings. The van der Waals surface area contributed by atoms with Gasteiger partial charge in [0, 0.05) is 14.0 Å². The first-order valence-electron chi connectivity index (χ1n) is 3.71. The molecule has 0 rings (SSSR count). The largest absolute Gasteiger partial charge is 0.469 e. The van der Waals surface area contributed by atoms with Crippen LogP contribution in [0.15, 0.2) is 0 Å². The van der Waals surface area contributed by atoms with Crippen molar-refractivity contribution in [3.05, 3.63) is 0 Å². The van der Waals surface area contributed by atoms with Crippen LogP contribution in [-0.2, 0) is 23.4 Å². The summed E-state index contributed by atoms with van der Waals surface area (Å²) in [6, 6.07) is 0. The standard InChI is InChI=1S/C6H13O7P/c1-5(7)12-3-6(11-2)4-13-14(8,9)10/h6H,3-4H2,1-2H3,(H2,8,9,10). The van der Waals surface area contributed by atoms with Crippen LogP contribution in [0.3, 0.4) is 0 Å². The summed E-state index contributed by atoms with van der Waals surface area (Å²) in [7, 11) is -3.18. The first-order chi connectivity index (χ1) is 6.35. The summed E-state index contributed by atoms with van der Waals surface area (Å²) < 4.78 is 23.8. The van der Waals surface area contributed by atoms with Gasteiger partial charge in [-0.2, -0.15) is 0 Å². The lowest BCUT2D eigenvalue weighted by atomic mass is 10.4. The summed E-state index contributed by atoms with van der Waals surface area (Å²) in [5.41, 5.74) is 0. The summed E-state index contributed by atoms with van der Waals surface area (Å²) in [6.45, 7) is 0.774. The van der Waals surface area contributed by atoms with Crippen molar-refractivity contribution >= 4 is 13.8 Å². The topological polar surface area (TPSA) is 102 Å². The molecular formula is C6H13O7P. The van der Waals surface area contributed by atoms with Gasteiger partial charge in [0.1, 0.15) is 12.7 Å². The van der Waals surface area contributed by atoms with E-state index in [1.165, 1.54) is 14.0 Å². The quantitative estimate of drug-likeness (QED) is 0.474. The molecule has 0 fully saturated rings. The molecule has 2 N–H and O–H groups in total. The van der Waals surface area contributed by atoms with Crippen LogP contribution in [0.1, 0.15) is 6.92 Å². The van der Waals surface area contributed by atoms with Crippen LogP contribution in [-0.4, -0.2) is 42.2 Å². The van der Waals surface area contributed by atoms with Gasteiger partial charge in [-0.15, -0.1) is 0 Å². The molecule has 0 aliphatic heterocycles. The first-order valence-corrected chi connectivity index (χ1v) is 5.24. The Hall–Kier alpha value is -0.460. The molecule has 0 aromatic heterocycles. The maximum atomic E-state index is 10.4. The van der Waals surface area contributed by atoms with Gasteiger partial charge in [0.05, 0.1) is 6.61 Å². The second-order valence-corrected chi connectivity index (χ2v) is 3.69. The van der Waals surface area contributed by atoms with Crippen molar-refractivity contribution in [2.45, 2.75) is 13.0 Å². The molecule has 0 aromatic carbocycles. The van der Waals surface area contributed by atoms with Crippen molar-refractivity contribution in [3.8, 4) is 0 Å². The highest BCUT2D eigenvalue weighted by atomic mass is 31.2. The van der Waals surface area contributed by atoms with Crippen LogP contribution in [0, 0.1) is 0 Å². The highest BCUT2D eigenvalue weighted by Crippen LogP contribution is 2.35. The number of hydrogen-bond acceptors (Lipinski definition) is 5. The van der Waals surface area contributed by atoms with Gasteiger partial charge in [-0.25, -0.2) is 4.57 Å². The Kier molecular flexibility index (Phi) is 5.90. The molecule has 0 saturated heterocycles. The highest BCUT2D eigenvalue weighted by Gasteiger charge is 2.18. The van der Waals surface area contributed by atoms with Gasteiger partial charge in [0.15, 0.2) is 0 Å². The van der Waals surface area contributed by atoms with E-state index < -0.39 is 19.9 Å². The Labute approximate surface area is 81.2 Å². The molecule has 14 heavy (non-hydrogen) atoms. The van der Waals surface area contributed by atoms with Crippen LogP contribution < -0.4 is 0 Å². The van der Waals surface area contributed by atoms with Gasteiger partial charge in [-0.1, -0.05) is 0 Å². The zero-order valence-electron chi connectivity index (χ0n) is 7.87. The molecule has 0 saturated carbocycles.